The molecule has 114 valence electrons. The minimum atomic E-state index is -0.797. The zero-order valence-corrected chi connectivity index (χ0v) is 13.7. The first kappa shape index (κ1) is 18.4. The molecular weight excluding hydrogens is 240 g/mol. The van der Waals surface area contributed by atoms with Crippen LogP contribution in [0.2, 0.25) is 0 Å². The summed E-state index contributed by atoms with van der Waals surface area (Å²) in [6, 6.07) is 0.516. The number of likely N-dealkylation sites (N-methyl/N-ethyl adjacent to an activating group) is 1. The zero-order chi connectivity index (χ0) is 15.3. The predicted octanol–water partition coefficient (Wildman–Crippen LogP) is 2.59. The molecule has 0 rings (SSSR count). The van der Waals surface area contributed by atoms with Gasteiger partial charge in [0.05, 0.1) is 0 Å². The summed E-state index contributed by atoms with van der Waals surface area (Å²) < 4.78 is 0. The number of carboxylic acid groups (broad SMARTS) is 1. The van der Waals surface area contributed by atoms with E-state index in [1.165, 1.54) is 0 Å². The van der Waals surface area contributed by atoms with Gasteiger partial charge in [0.2, 0.25) is 0 Å². The van der Waals surface area contributed by atoms with Gasteiger partial charge in [-0.1, -0.05) is 20.8 Å². The van der Waals surface area contributed by atoms with E-state index in [1.54, 1.807) is 14.0 Å². The molecule has 0 aliphatic carbocycles. The van der Waals surface area contributed by atoms with Crippen molar-refractivity contribution in [2.75, 3.05) is 20.6 Å². The highest BCUT2D eigenvalue weighted by Crippen LogP contribution is 2.23. The van der Waals surface area contributed by atoms with Gasteiger partial charge in [-0.3, -0.25) is 4.79 Å². The lowest BCUT2D eigenvalue weighted by atomic mass is 9.87. The quantitative estimate of drug-likeness (QED) is 0.667. The normalized spacial score (nSPS) is 17.3. The average molecular weight is 272 g/mol. The Hall–Kier alpha value is -0.610. The smallest absolute Gasteiger partial charge is 0.323 e. The summed E-state index contributed by atoms with van der Waals surface area (Å²) in [4.78, 5) is 13.5. The van der Waals surface area contributed by atoms with Crippen LogP contribution in [0.3, 0.4) is 0 Å². The number of nitrogens with zero attached hydrogens (tertiary/aromatic N) is 1. The SMILES string of the molecule is CNC(C)(CCCCN(C)C(C)C(C)(C)C)C(=O)O. The molecule has 0 fully saturated rings. The van der Waals surface area contributed by atoms with Gasteiger partial charge in [0.15, 0.2) is 0 Å². The minimum Gasteiger partial charge on any atom is -0.480 e. The van der Waals surface area contributed by atoms with Crippen molar-refractivity contribution >= 4 is 5.97 Å². The van der Waals surface area contributed by atoms with E-state index in [9.17, 15) is 4.79 Å². The minimum absolute atomic E-state index is 0.273. The molecule has 2 atom stereocenters. The van der Waals surface area contributed by atoms with E-state index in [1.807, 2.05) is 0 Å². The van der Waals surface area contributed by atoms with Crippen LogP contribution in [-0.4, -0.2) is 48.2 Å². The van der Waals surface area contributed by atoms with Crippen molar-refractivity contribution in [2.45, 2.75) is 65.5 Å². The topological polar surface area (TPSA) is 52.6 Å². The van der Waals surface area contributed by atoms with E-state index in [0.717, 1.165) is 19.4 Å². The highest BCUT2D eigenvalue weighted by Gasteiger charge is 2.30. The van der Waals surface area contributed by atoms with Gasteiger partial charge in [-0.15, -0.1) is 0 Å². The molecule has 0 aromatic rings. The molecule has 0 saturated carbocycles. The Kier molecular flexibility index (Phi) is 7.01. The van der Waals surface area contributed by atoms with E-state index >= 15 is 0 Å². The van der Waals surface area contributed by atoms with E-state index in [-0.39, 0.29) is 5.41 Å². The van der Waals surface area contributed by atoms with Gasteiger partial charge in [0.25, 0.3) is 0 Å². The number of unbranched alkanes of at least 4 members (excludes halogenated alkanes) is 1. The predicted molar refractivity (Wildman–Crippen MR) is 80.5 cm³/mol. The first-order valence-electron chi connectivity index (χ1n) is 7.17. The summed E-state index contributed by atoms with van der Waals surface area (Å²) in [5.74, 6) is -0.772. The number of nitrogens with one attached hydrogen (secondary N) is 1. The molecule has 0 aromatic carbocycles. The molecule has 0 spiro atoms. The van der Waals surface area contributed by atoms with E-state index < -0.39 is 11.5 Å². The van der Waals surface area contributed by atoms with Crippen LogP contribution in [0.25, 0.3) is 0 Å². The Morgan fingerprint density at radius 2 is 1.79 bits per heavy atom. The molecule has 2 unspecified atom stereocenters. The molecule has 0 radical (unpaired) electrons. The number of carboxylic acids is 1. The van der Waals surface area contributed by atoms with Crippen LogP contribution in [0, 0.1) is 5.41 Å². The first-order chi connectivity index (χ1) is 8.54. The summed E-state index contributed by atoms with van der Waals surface area (Å²) in [5, 5.41) is 12.1. The summed E-state index contributed by atoms with van der Waals surface area (Å²) in [7, 11) is 3.85. The monoisotopic (exact) mass is 272 g/mol. The Balaban J connectivity index is 4.08. The molecule has 0 aliphatic rings. The summed E-state index contributed by atoms with van der Waals surface area (Å²) >= 11 is 0. The molecule has 0 saturated heterocycles. The van der Waals surface area contributed by atoms with Crippen LogP contribution < -0.4 is 5.32 Å². The first-order valence-corrected chi connectivity index (χ1v) is 7.17. The zero-order valence-electron chi connectivity index (χ0n) is 13.7. The summed E-state index contributed by atoms with van der Waals surface area (Å²) in [6.45, 7) is 11.7. The highest BCUT2D eigenvalue weighted by molar-refractivity contribution is 5.78. The summed E-state index contributed by atoms with van der Waals surface area (Å²) in [6.07, 6.45) is 2.61. The van der Waals surface area contributed by atoms with Crippen molar-refractivity contribution in [3.8, 4) is 0 Å². The van der Waals surface area contributed by atoms with Gasteiger partial charge in [0, 0.05) is 6.04 Å². The van der Waals surface area contributed by atoms with Crippen LogP contribution >= 0.6 is 0 Å². The molecular formula is C15H32N2O2. The third-order valence-electron chi connectivity index (χ3n) is 4.38. The third-order valence-corrected chi connectivity index (χ3v) is 4.38. The molecule has 19 heavy (non-hydrogen) atoms. The highest BCUT2D eigenvalue weighted by atomic mass is 16.4. The Morgan fingerprint density at radius 3 is 2.16 bits per heavy atom. The molecule has 4 heteroatoms. The number of aliphatic carboxylic acids is 1. The number of hydrogen-bond donors (Lipinski definition) is 2. The van der Waals surface area contributed by atoms with Crippen LogP contribution in [-0.2, 0) is 4.79 Å². The lowest BCUT2D eigenvalue weighted by molar-refractivity contribution is -0.144. The number of hydrogen-bond acceptors (Lipinski definition) is 3. The molecule has 0 amide bonds. The third kappa shape index (κ3) is 5.91. The summed E-state index contributed by atoms with van der Waals surface area (Å²) in [5.41, 5.74) is -0.524. The largest absolute Gasteiger partial charge is 0.480 e. The maximum atomic E-state index is 11.1. The maximum absolute atomic E-state index is 11.1. The lowest BCUT2D eigenvalue weighted by Crippen LogP contribution is -2.47. The maximum Gasteiger partial charge on any atom is 0.323 e. The molecule has 2 N–H and O–H groups in total. The van der Waals surface area contributed by atoms with Crippen molar-refractivity contribution in [1.29, 1.82) is 0 Å². The fraction of sp³-hybridized carbons (Fsp3) is 0.933. The van der Waals surface area contributed by atoms with Gasteiger partial charge in [-0.2, -0.15) is 0 Å². The van der Waals surface area contributed by atoms with Crippen LogP contribution in [0.4, 0.5) is 0 Å². The molecule has 0 bridgehead atoms. The molecule has 0 aliphatic heterocycles. The van der Waals surface area contributed by atoms with Crippen LogP contribution in [0.1, 0.15) is 53.9 Å². The standard InChI is InChI=1S/C15H32N2O2/c1-12(14(2,3)4)17(7)11-9-8-10-15(5,16-6)13(18)19/h12,16H,8-11H2,1-7H3,(H,18,19). The van der Waals surface area contributed by atoms with Crippen molar-refractivity contribution < 1.29 is 9.90 Å². The fourth-order valence-electron chi connectivity index (χ4n) is 2.03. The van der Waals surface area contributed by atoms with E-state index in [2.05, 4.69) is 45.0 Å². The second kappa shape index (κ2) is 7.25. The van der Waals surface area contributed by atoms with Crippen LogP contribution in [0.5, 0.6) is 0 Å². The molecule has 0 heterocycles. The average Bonchev–Trinajstić information content (AvgIpc) is 2.31. The van der Waals surface area contributed by atoms with Gasteiger partial charge >= 0.3 is 5.97 Å². The second-order valence-electron chi connectivity index (χ2n) is 6.87. The van der Waals surface area contributed by atoms with Crippen LogP contribution in [0.15, 0.2) is 0 Å². The van der Waals surface area contributed by atoms with Gasteiger partial charge in [-0.05, 0) is 59.2 Å². The van der Waals surface area contributed by atoms with E-state index in [4.69, 9.17) is 5.11 Å². The van der Waals surface area contributed by atoms with E-state index in [0.29, 0.717) is 12.5 Å². The fourth-order valence-corrected chi connectivity index (χ4v) is 2.03. The van der Waals surface area contributed by atoms with Gasteiger partial charge in [0.1, 0.15) is 5.54 Å². The Bertz CT molecular complexity index is 286. The number of rotatable bonds is 8. The Morgan fingerprint density at radius 1 is 1.26 bits per heavy atom. The van der Waals surface area contributed by atoms with Crippen molar-refractivity contribution in [1.82, 2.24) is 10.2 Å². The van der Waals surface area contributed by atoms with Crippen molar-refractivity contribution in [3.63, 3.8) is 0 Å². The molecule has 0 aromatic heterocycles. The van der Waals surface area contributed by atoms with Crippen molar-refractivity contribution in [3.05, 3.63) is 0 Å². The van der Waals surface area contributed by atoms with Gasteiger partial charge in [-0.25, -0.2) is 0 Å². The second-order valence-corrected chi connectivity index (χ2v) is 6.87. The molecule has 4 nitrogen and oxygen atoms in total. The lowest BCUT2D eigenvalue weighted by Gasteiger charge is -2.35. The van der Waals surface area contributed by atoms with Crippen molar-refractivity contribution in [2.24, 2.45) is 5.41 Å². The Labute approximate surface area is 118 Å². The number of carbonyl (C=O) groups is 1. The van der Waals surface area contributed by atoms with Gasteiger partial charge < -0.3 is 15.3 Å².